The Morgan fingerprint density at radius 2 is 1.87 bits per heavy atom. The van der Waals surface area contributed by atoms with Gasteiger partial charge in [-0.25, -0.2) is 9.79 Å². The molecule has 9 heteroatoms. The quantitative estimate of drug-likeness (QED) is 0.423. The Morgan fingerprint density at radius 1 is 1.16 bits per heavy atom. The van der Waals surface area contributed by atoms with Gasteiger partial charge in [0, 0.05) is 29.4 Å². The minimum absolute atomic E-state index is 0.244. The predicted octanol–water partition coefficient (Wildman–Crippen LogP) is 4.45. The normalized spacial score (nSPS) is 17.6. The van der Waals surface area contributed by atoms with E-state index in [-0.39, 0.29) is 17.2 Å². The molecule has 0 N–H and O–H groups in total. The number of rotatable bonds is 6. The van der Waals surface area contributed by atoms with Crippen molar-refractivity contribution in [1.82, 2.24) is 4.57 Å². The van der Waals surface area contributed by atoms with Crippen LogP contribution in [0.3, 0.4) is 0 Å². The van der Waals surface area contributed by atoms with Gasteiger partial charge >= 0.3 is 5.97 Å². The van der Waals surface area contributed by atoms with Crippen LogP contribution < -0.4 is 24.5 Å². The fourth-order valence-electron chi connectivity index (χ4n) is 4.98. The molecular weight excluding hydrogens is 522 g/mol. The van der Waals surface area contributed by atoms with E-state index in [4.69, 9.17) is 21.1 Å². The molecule has 38 heavy (non-hydrogen) atoms. The van der Waals surface area contributed by atoms with Crippen molar-refractivity contribution in [3.05, 3.63) is 89.6 Å². The van der Waals surface area contributed by atoms with E-state index in [0.717, 1.165) is 18.7 Å². The lowest BCUT2D eigenvalue weighted by molar-refractivity contribution is -0.143. The second kappa shape index (κ2) is 10.8. The van der Waals surface area contributed by atoms with E-state index < -0.39 is 12.0 Å². The highest BCUT2D eigenvalue weighted by Gasteiger charge is 2.35. The molecule has 198 valence electrons. The first-order valence-electron chi connectivity index (χ1n) is 12.7. The van der Waals surface area contributed by atoms with Crippen molar-refractivity contribution in [1.29, 1.82) is 0 Å². The van der Waals surface area contributed by atoms with Crippen LogP contribution in [0, 0.1) is 0 Å². The van der Waals surface area contributed by atoms with Gasteiger partial charge in [0.1, 0.15) is 11.8 Å². The number of aromatic nitrogens is 1. The summed E-state index contributed by atoms with van der Waals surface area (Å²) in [5, 5.41) is 0.465. The van der Waals surface area contributed by atoms with Crippen LogP contribution in [0.1, 0.15) is 50.8 Å². The van der Waals surface area contributed by atoms with E-state index in [1.165, 1.54) is 29.9 Å². The average Bonchev–Trinajstić information content (AvgIpc) is 3.52. The highest BCUT2D eigenvalue weighted by atomic mass is 35.5. The van der Waals surface area contributed by atoms with Crippen molar-refractivity contribution < 1.29 is 14.3 Å². The van der Waals surface area contributed by atoms with Gasteiger partial charge in [0.2, 0.25) is 0 Å². The third-order valence-electron chi connectivity index (χ3n) is 6.73. The second-order valence-corrected chi connectivity index (χ2v) is 11.2. The topological polar surface area (TPSA) is 73.1 Å². The molecule has 0 aliphatic carbocycles. The van der Waals surface area contributed by atoms with Crippen LogP contribution in [-0.4, -0.2) is 36.8 Å². The van der Waals surface area contributed by atoms with Crippen LogP contribution in [0.15, 0.2) is 63.5 Å². The third-order valence-corrected chi connectivity index (χ3v) is 7.95. The zero-order valence-corrected chi connectivity index (χ0v) is 23.4. The van der Waals surface area contributed by atoms with Crippen molar-refractivity contribution in [2.24, 2.45) is 4.99 Å². The standard InChI is InChI=1S/C29H30ClN3O4S/c1-17(2)37-28(35)25-18(3)31-29-33(26(25)22-16-20(30)9-12-23(22)36-4)27(34)24(38-29)15-19-7-10-21(11-8-19)32-13-5-6-14-32/h7-12,15-17,26H,5-6,13-14H2,1-4H3/b24-15-/t26-/m0/s1. The molecule has 0 amide bonds. The van der Waals surface area contributed by atoms with E-state index in [2.05, 4.69) is 22.0 Å². The molecule has 5 rings (SSSR count). The first-order chi connectivity index (χ1) is 18.3. The summed E-state index contributed by atoms with van der Waals surface area (Å²) in [6.07, 6.45) is 3.97. The van der Waals surface area contributed by atoms with Gasteiger partial charge in [0.25, 0.3) is 5.56 Å². The number of ether oxygens (including phenoxy) is 2. The van der Waals surface area contributed by atoms with E-state index in [1.54, 1.807) is 50.6 Å². The Kier molecular flexibility index (Phi) is 7.45. The van der Waals surface area contributed by atoms with E-state index >= 15 is 0 Å². The molecule has 0 saturated carbocycles. The van der Waals surface area contributed by atoms with Crippen LogP contribution in [0.5, 0.6) is 5.75 Å². The van der Waals surface area contributed by atoms with Crippen LogP contribution >= 0.6 is 22.9 Å². The molecule has 1 aromatic heterocycles. The smallest absolute Gasteiger partial charge is 0.338 e. The molecule has 0 radical (unpaired) electrons. The summed E-state index contributed by atoms with van der Waals surface area (Å²) in [4.78, 5) is 34.7. The van der Waals surface area contributed by atoms with Gasteiger partial charge in [-0.3, -0.25) is 9.36 Å². The number of anilines is 1. The summed E-state index contributed by atoms with van der Waals surface area (Å²) in [5.41, 5.74) is 3.24. The van der Waals surface area contributed by atoms with Crippen molar-refractivity contribution in [3.8, 4) is 5.75 Å². The van der Waals surface area contributed by atoms with Gasteiger partial charge in [-0.05, 0) is 75.6 Å². The molecule has 1 atom stereocenters. The van der Waals surface area contributed by atoms with Crippen LogP contribution in [-0.2, 0) is 9.53 Å². The largest absolute Gasteiger partial charge is 0.496 e. The van der Waals surface area contributed by atoms with Gasteiger partial charge in [-0.2, -0.15) is 0 Å². The van der Waals surface area contributed by atoms with Crippen molar-refractivity contribution >= 4 is 40.7 Å². The number of allylic oxidation sites excluding steroid dienone is 1. The van der Waals surface area contributed by atoms with E-state index in [9.17, 15) is 9.59 Å². The fraction of sp³-hybridized carbons (Fsp3) is 0.345. The number of halogens is 1. The Balaban J connectivity index is 1.65. The first-order valence-corrected chi connectivity index (χ1v) is 13.9. The number of fused-ring (bicyclic) bond motifs is 1. The molecule has 2 aliphatic heterocycles. The maximum Gasteiger partial charge on any atom is 0.338 e. The lowest BCUT2D eigenvalue weighted by atomic mass is 9.95. The Labute approximate surface area is 230 Å². The number of hydrogen-bond acceptors (Lipinski definition) is 7. The number of benzene rings is 2. The van der Waals surface area contributed by atoms with Gasteiger partial charge in [-0.1, -0.05) is 35.1 Å². The Bertz CT molecular complexity index is 1580. The molecule has 1 fully saturated rings. The zero-order chi connectivity index (χ0) is 27.0. The molecule has 0 unspecified atom stereocenters. The average molecular weight is 552 g/mol. The van der Waals surface area contributed by atoms with Gasteiger partial charge in [0.05, 0.1) is 29.0 Å². The van der Waals surface area contributed by atoms with Crippen molar-refractivity contribution in [3.63, 3.8) is 0 Å². The van der Waals surface area contributed by atoms with Crippen LogP contribution in [0.2, 0.25) is 5.02 Å². The molecule has 3 heterocycles. The summed E-state index contributed by atoms with van der Waals surface area (Å²) in [7, 11) is 1.55. The third kappa shape index (κ3) is 5.02. The molecule has 2 aliphatic rings. The van der Waals surface area contributed by atoms with Gasteiger partial charge in [-0.15, -0.1) is 0 Å². The van der Waals surface area contributed by atoms with Gasteiger partial charge in [0.15, 0.2) is 4.80 Å². The van der Waals surface area contributed by atoms with Crippen molar-refractivity contribution in [2.75, 3.05) is 25.1 Å². The molecule has 0 spiro atoms. The fourth-order valence-corrected chi connectivity index (χ4v) is 6.21. The van der Waals surface area contributed by atoms with E-state index in [1.807, 2.05) is 18.2 Å². The summed E-state index contributed by atoms with van der Waals surface area (Å²) >= 11 is 7.67. The number of hydrogen-bond donors (Lipinski definition) is 0. The number of carbonyl (C=O) groups is 1. The highest BCUT2D eigenvalue weighted by molar-refractivity contribution is 7.07. The lowest BCUT2D eigenvalue weighted by Crippen LogP contribution is -2.40. The summed E-state index contributed by atoms with van der Waals surface area (Å²) < 4.78 is 13.3. The predicted molar refractivity (Wildman–Crippen MR) is 151 cm³/mol. The van der Waals surface area contributed by atoms with Gasteiger partial charge < -0.3 is 14.4 Å². The lowest BCUT2D eigenvalue weighted by Gasteiger charge is -2.26. The summed E-state index contributed by atoms with van der Waals surface area (Å²) in [6.45, 7) is 7.48. The van der Waals surface area contributed by atoms with Crippen LogP contribution in [0.25, 0.3) is 6.08 Å². The molecule has 2 aromatic carbocycles. The van der Waals surface area contributed by atoms with Crippen molar-refractivity contribution in [2.45, 2.75) is 45.8 Å². The zero-order valence-electron chi connectivity index (χ0n) is 21.9. The minimum Gasteiger partial charge on any atom is -0.496 e. The summed E-state index contributed by atoms with van der Waals surface area (Å²) in [6, 6.07) is 12.6. The molecule has 3 aromatic rings. The van der Waals surface area contributed by atoms with Crippen LogP contribution in [0.4, 0.5) is 5.69 Å². The molecular formula is C29H30ClN3O4S. The maximum absolute atomic E-state index is 13.9. The molecule has 1 saturated heterocycles. The number of methoxy groups -OCH3 is 1. The van der Waals surface area contributed by atoms with E-state index in [0.29, 0.717) is 31.4 Å². The monoisotopic (exact) mass is 551 g/mol. The minimum atomic E-state index is -0.800. The number of thiazole rings is 1. The Morgan fingerprint density at radius 3 is 2.53 bits per heavy atom. The first kappa shape index (κ1) is 26.3. The maximum atomic E-state index is 13.9. The second-order valence-electron chi connectivity index (χ2n) is 9.71. The number of carbonyl (C=O) groups excluding carboxylic acids is 1. The number of esters is 1. The SMILES string of the molecule is COc1ccc(Cl)cc1[C@H]1C(C(=O)OC(C)C)=C(C)N=c2s/c(=C\c3ccc(N4CCCC4)cc3)c(=O)n21. The highest BCUT2D eigenvalue weighted by Crippen LogP contribution is 2.37. The summed E-state index contributed by atoms with van der Waals surface area (Å²) in [5.74, 6) is -0.0175. The number of nitrogens with zero attached hydrogens (tertiary/aromatic N) is 3. The molecule has 7 nitrogen and oxygen atoms in total. The Hall–Kier alpha value is -3.36. The molecule has 0 bridgehead atoms.